The summed E-state index contributed by atoms with van der Waals surface area (Å²) in [7, 11) is 0. The fraction of sp³-hybridized carbons (Fsp3) is 0.480. The van der Waals surface area contributed by atoms with Crippen molar-refractivity contribution in [3.05, 3.63) is 59.1 Å². The first-order valence-electron chi connectivity index (χ1n) is 11.7. The van der Waals surface area contributed by atoms with Gasteiger partial charge in [-0.3, -0.25) is 9.69 Å². The standard InChI is InChI=1S/C25H30ClF3N4O/c26-20-2-1-3-22(18-20)30-21-8-12-33(13-9-21)24(34)10-11-31-14-16-32(17-15-31)23-6-4-19(5-7-23)25(27,28)29/h1-7,18,21,30H,8-17H2. The molecule has 2 aromatic carbocycles. The summed E-state index contributed by atoms with van der Waals surface area (Å²) in [5.74, 6) is 0.186. The Morgan fingerprint density at radius 3 is 2.26 bits per heavy atom. The van der Waals surface area contributed by atoms with Gasteiger partial charge in [-0.15, -0.1) is 0 Å². The first kappa shape index (κ1) is 24.7. The highest BCUT2D eigenvalue weighted by atomic mass is 35.5. The van der Waals surface area contributed by atoms with Gasteiger partial charge in [0.15, 0.2) is 0 Å². The van der Waals surface area contributed by atoms with E-state index in [0.29, 0.717) is 24.0 Å². The Kier molecular flexibility index (Phi) is 7.88. The summed E-state index contributed by atoms with van der Waals surface area (Å²) in [6.45, 7) is 5.26. The van der Waals surface area contributed by atoms with Crippen molar-refractivity contribution in [3.8, 4) is 0 Å². The molecule has 184 valence electrons. The maximum absolute atomic E-state index is 12.8. The molecule has 1 N–H and O–H groups in total. The Morgan fingerprint density at radius 1 is 0.971 bits per heavy atom. The number of benzene rings is 2. The van der Waals surface area contributed by atoms with Crippen LogP contribution in [0.5, 0.6) is 0 Å². The zero-order valence-corrected chi connectivity index (χ0v) is 19.8. The molecule has 34 heavy (non-hydrogen) atoms. The number of likely N-dealkylation sites (tertiary alicyclic amines) is 1. The number of piperazine rings is 1. The Bertz CT molecular complexity index is 953. The summed E-state index contributed by atoms with van der Waals surface area (Å²) in [5.41, 5.74) is 1.18. The van der Waals surface area contributed by atoms with E-state index in [2.05, 4.69) is 15.1 Å². The van der Waals surface area contributed by atoms with Gasteiger partial charge in [-0.05, 0) is 55.3 Å². The van der Waals surface area contributed by atoms with Crippen LogP contribution in [0, 0.1) is 0 Å². The number of hydrogen-bond acceptors (Lipinski definition) is 4. The van der Waals surface area contributed by atoms with Crippen molar-refractivity contribution in [3.63, 3.8) is 0 Å². The number of nitrogens with zero attached hydrogens (tertiary/aromatic N) is 3. The maximum atomic E-state index is 12.8. The number of carbonyl (C=O) groups excluding carboxylic acids is 1. The van der Waals surface area contributed by atoms with Crippen molar-refractivity contribution in [1.82, 2.24) is 9.80 Å². The number of alkyl halides is 3. The number of amides is 1. The molecule has 5 nitrogen and oxygen atoms in total. The topological polar surface area (TPSA) is 38.8 Å². The normalized spacial score (nSPS) is 18.2. The molecule has 2 aromatic rings. The van der Waals surface area contributed by atoms with Crippen molar-refractivity contribution in [2.75, 3.05) is 56.0 Å². The van der Waals surface area contributed by atoms with Gasteiger partial charge in [0.25, 0.3) is 0 Å². The number of hydrogen-bond donors (Lipinski definition) is 1. The molecule has 2 fully saturated rings. The number of carbonyl (C=O) groups is 1. The average Bonchev–Trinajstić information content (AvgIpc) is 2.83. The largest absolute Gasteiger partial charge is 0.416 e. The van der Waals surface area contributed by atoms with Crippen LogP contribution in [0.15, 0.2) is 48.5 Å². The molecule has 0 aliphatic carbocycles. The molecule has 0 aromatic heterocycles. The molecule has 0 spiro atoms. The molecule has 2 saturated heterocycles. The van der Waals surface area contributed by atoms with Crippen LogP contribution in [-0.2, 0) is 11.0 Å². The molecule has 2 heterocycles. The minimum Gasteiger partial charge on any atom is -0.382 e. The van der Waals surface area contributed by atoms with Crippen molar-refractivity contribution >= 4 is 28.9 Å². The minimum absolute atomic E-state index is 0.186. The van der Waals surface area contributed by atoms with Crippen LogP contribution in [0.2, 0.25) is 5.02 Å². The van der Waals surface area contributed by atoms with Crippen LogP contribution >= 0.6 is 11.6 Å². The van der Waals surface area contributed by atoms with Crippen molar-refractivity contribution in [2.45, 2.75) is 31.5 Å². The monoisotopic (exact) mass is 494 g/mol. The van der Waals surface area contributed by atoms with E-state index >= 15 is 0 Å². The third-order valence-corrected chi connectivity index (χ3v) is 6.85. The highest BCUT2D eigenvalue weighted by Crippen LogP contribution is 2.30. The second kappa shape index (κ2) is 10.9. The summed E-state index contributed by atoms with van der Waals surface area (Å²) < 4.78 is 38.3. The maximum Gasteiger partial charge on any atom is 0.416 e. The quantitative estimate of drug-likeness (QED) is 0.615. The molecule has 0 bridgehead atoms. The highest BCUT2D eigenvalue weighted by Gasteiger charge is 2.30. The van der Waals surface area contributed by atoms with E-state index < -0.39 is 11.7 Å². The summed E-state index contributed by atoms with van der Waals surface area (Å²) in [6, 6.07) is 13.4. The molecule has 2 aliphatic heterocycles. The van der Waals surface area contributed by atoms with Crippen molar-refractivity contribution < 1.29 is 18.0 Å². The zero-order valence-electron chi connectivity index (χ0n) is 19.0. The van der Waals surface area contributed by atoms with Crippen molar-refractivity contribution in [2.24, 2.45) is 0 Å². The lowest BCUT2D eigenvalue weighted by atomic mass is 10.0. The van der Waals surface area contributed by atoms with E-state index in [4.69, 9.17) is 11.6 Å². The molecular weight excluding hydrogens is 465 g/mol. The second-order valence-corrected chi connectivity index (χ2v) is 9.37. The fourth-order valence-electron chi connectivity index (χ4n) is 4.59. The van der Waals surface area contributed by atoms with Gasteiger partial charge in [0.2, 0.25) is 5.91 Å². The summed E-state index contributed by atoms with van der Waals surface area (Å²) in [6.07, 6.45) is -2.01. The zero-order chi connectivity index (χ0) is 24.1. The lowest BCUT2D eigenvalue weighted by molar-refractivity contribution is -0.137. The molecular formula is C25H30ClF3N4O. The van der Waals surface area contributed by atoms with Crippen LogP contribution in [0.4, 0.5) is 24.5 Å². The van der Waals surface area contributed by atoms with E-state index in [1.54, 1.807) is 0 Å². The lowest BCUT2D eigenvalue weighted by Gasteiger charge is -2.37. The third kappa shape index (κ3) is 6.57. The Morgan fingerprint density at radius 2 is 1.65 bits per heavy atom. The van der Waals surface area contributed by atoms with Gasteiger partial charge in [-0.2, -0.15) is 13.2 Å². The number of anilines is 2. The van der Waals surface area contributed by atoms with E-state index in [1.165, 1.54) is 12.1 Å². The van der Waals surface area contributed by atoms with Crippen molar-refractivity contribution in [1.29, 1.82) is 0 Å². The molecule has 0 radical (unpaired) electrons. The second-order valence-electron chi connectivity index (χ2n) is 8.93. The van der Waals surface area contributed by atoms with Gasteiger partial charge in [0.05, 0.1) is 5.56 Å². The van der Waals surface area contributed by atoms with E-state index in [0.717, 1.165) is 75.6 Å². The SMILES string of the molecule is O=C(CCN1CCN(c2ccc(C(F)(F)F)cc2)CC1)N1CCC(Nc2cccc(Cl)c2)CC1. The molecule has 0 saturated carbocycles. The van der Waals surface area contributed by atoms with E-state index in [9.17, 15) is 18.0 Å². The van der Waals surface area contributed by atoms with Gasteiger partial charge in [0.1, 0.15) is 0 Å². The Labute approximate surface area is 203 Å². The van der Waals surface area contributed by atoms with Crippen LogP contribution in [0.25, 0.3) is 0 Å². The van der Waals surface area contributed by atoms with E-state index in [1.807, 2.05) is 29.2 Å². The highest BCUT2D eigenvalue weighted by molar-refractivity contribution is 6.30. The minimum atomic E-state index is -4.31. The predicted molar refractivity (Wildman–Crippen MR) is 129 cm³/mol. The van der Waals surface area contributed by atoms with Crippen LogP contribution < -0.4 is 10.2 Å². The molecule has 0 unspecified atom stereocenters. The number of halogens is 4. The third-order valence-electron chi connectivity index (χ3n) is 6.62. The number of piperidine rings is 1. The van der Waals surface area contributed by atoms with E-state index in [-0.39, 0.29) is 5.91 Å². The van der Waals surface area contributed by atoms with Crippen LogP contribution in [0.3, 0.4) is 0 Å². The molecule has 2 aliphatic rings. The predicted octanol–water partition coefficient (Wildman–Crippen LogP) is 4.97. The Balaban J connectivity index is 1.16. The molecule has 9 heteroatoms. The lowest BCUT2D eigenvalue weighted by Crippen LogP contribution is -2.48. The number of nitrogens with one attached hydrogen (secondary N) is 1. The van der Waals surface area contributed by atoms with Gasteiger partial charge in [-0.1, -0.05) is 17.7 Å². The van der Waals surface area contributed by atoms with Gasteiger partial charge in [-0.25, -0.2) is 0 Å². The first-order chi connectivity index (χ1) is 16.3. The summed E-state index contributed by atoms with van der Waals surface area (Å²) in [5, 5.41) is 4.21. The smallest absolute Gasteiger partial charge is 0.382 e. The molecule has 1 amide bonds. The Hall–Kier alpha value is -2.45. The first-order valence-corrected chi connectivity index (χ1v) is 12.1. The van der Waals surface area contributed by atoms with Crippen LogP contribution in [-0.4, -0.2) is 67.6 Å². The summed E-state index contributed by atoms with van der Waals surface area (Å²) >= 11 is 6.05. The van der Waals surface area contributed by atoms with Gasteiger partial charge in [0, 0.05) is 74.7 Å². The molecule has 4 rings (SSSR count). The summed E-state index contributed by atoms with van der Waals surface area (Å²) in [4.78, 5) is 19.0. The fourth-order valence-corrected chi connectivity index (χ4v) is 4.78. The van der Waals surface area contributed by atoms with Gasteiger partial charge < -0.3 is 15.1 Å². The number of rotatable bonds is 6. The van der Waals surface area contributed by atoms with Gasteiger partial charge >= 0.3 is 6.18 Å². The molecule has 0 atom stereocenters. The van der Waals surface area contributed by atoms with Crippen LogP contribution in [0.1, 0.15) is 24.8 Å². The average molecular weight is 495 g/mol.